The lowest BCUT2D eigenvalue weighted by Gasteiger charge is -2.13. The van der Waals surface area contributed by atoms with Crippen LogP contribution in [-0.4, -0.2) is 27.5 Å². The molecule has 7 heteroatoms. The third-order valence-electron chi connectivity index (χ3n) is 3.19. The van der Waals surface area contributed by atoms with Crippen LogP contribution in [0.25, 0.3) is 0 Å². The summed E-state index contributed by atoms with van der Waals surface area (Å²) in [6, 6.07) is 5.25. The highest BCUT2D eigenvalue weighted by Crippen LogP contribution is 2.32. The Morgan fingerprint density at radius 1 is 1.43 bits per heavy atom. The Hall–Kier alpha value is -1.17. The zero-order valence-electron chi connectivity index (χ0n) is 13.1. The van der Waals surface area contributed by atoms with Crippen LogP contribution in [0, 0.1) is 6.92 Å². The highest BCUT2D eigenvalue weighted by Gasteiger charge is 2.15. The number of carbonyl (C=O) groups is 1. The lowest BCUT2D eigenvalue weighted by molar-refractivity contribution is -0.120. The van der Waals surface area contributed by atoms with Gasteiger partial charge in [0.15, 0.2) is 0 Å². The monoisotopic (exact) mass is 371 g/mol. The topological polar surface area (TPSA) is 46.9 Å². The maximum absolute atomic E-state index is 12.1. The summed E-state index contributed by atoms with van der Waals surface area (Å²) >= 11 is 13.5. The molecule has 1 aromatic carbocycles. The van der Waals surface area contributed by atoms with E-state index >= 15 is 0 Å². The number of nitrogens with one attached hydrogen (secondary N) is 1. The predicted octanol–water partition coefficient (Wildman–Crippen LogP) is 4.19. The second-order valence-electron chi connectivity index (χ2n) is 5.26. The van der Waals surface area contributed by atoms with E-state index in [4.69, 9.17) is 23.2 Å². The molecule has 0 aliphatic carbocycles. The molecule has 1 amide bonds. The van der Waals surface area contributed by atoms with Crippen LogP contribution < -0.4 is 5.32 Å². The van der Waals surface area contributed by atoms with Gasteiger partial charge in [0.05, 0.1) is 16.5 Å². The summed E-state index contributed by atoms with van der Waals surface area (Å²) < 4.78 is 1.88. The van der Waals surface area contributed by atoms with Crippen molar-refractivity contribution in [3.63, 3.8) is 0 Å². The average molecular weight is 372 g/mol. The molecule has 4 nitrogen and oxygen atoms in total. The van der Waals surface area contributed by atoms with E-state index in [0.717, 1.165) is 23.4 Å². The molecule has 0 fully saturated rings. The van der Waals surface area contributed by atoms with Gasteiger partial charge in [-0.25, -0.2) is 0 Å². The maximum Gasteiger partial charge on any atom is 0.233 e. The number of benzene rings is 1. The molecular formula is C16H19Cl2N3OS. The van der Waals surface area contributed by atoms with Gasteiger partial charge in [-0.1, -0.05) is 23.2 Å². The summed E-state index contributed by atoms with van der Waals surface area (Å²) in [4.78, 5) is 12.9. The smallest absolute Gasteiger partial charge is 0.233 e. The van der Waals surface area contributed by atoms with E-state index in [1.807, 2.05) is 30.9 Å². The van der Waals surface area contributed by atoms with Crippen LogP contribution in [0.1, 0.15) is 18.9 Å². The number of aryl methyl sites for hydroxylation is 2. The Bertz CT molecular complexity index is 675. The van der Waals surface area contributed by atoms with Gasteiger partial charge >= 0.3 is 0 Å². The summed E-state index contributed by atoms with van der Waals surface area (Å²) in [6.45, 7) is 5.26. The van der Waals surface area contributed by atoms with Gasteiger partial charge in [0, 0.05) is 29.2 Å². The highest BCUT2D eigenvalue weighted by molar-refractivity contribution is 8.00. The molecule has 2 rings (SSSR count). The van der Waals surface area contributed by atoms with Crippen molar-refractivity contribution in [2.45, 2.75) is 37.0 Å². The quantitative estimate of drug-likeness (QED) is 0.586. The molecular weight excluding hydrogens is 353 g/mol. The van der Waals surface area contributed by atoms with E-state index in [1.165, 1.54) is 11.8 Å². The van der Waals surface area contributed by atoms with Crippen molar-refractivity contribution in [2.75, 3.05) is 6.54 Å². The summed E-state index contributed by atoms with van der Waals surface area (Å²) in [5.41, 5.74) is 1.14. The number of thioether (sulfide) groups is 1. The third kappa shape index (κ3) is 5.75. The third-order valence-corrected chi connectivity index (χ3v) is 5.03. The van der Waals surface area contributed by atoms with E-state index in [9.17, 15) is 4.79 Å². The minimum Gasteiger partial charge on any atom is -0.355 e. The number of halogens is 2. The van der Waals surface area contributed by atoms with Crippen LogP contribution in [0.15, 0.2) is 35.5 Å². The molecule has 0 aliphatic rings. The second kappa shape index (κ2) is 8.62. The molecule has 23 heavy (non-hydrogen) atoms. The lowest BCUT2D eigenvalue weighted by atomic mass is 10.3. The van der Waals surface area contributed by atoms with Crippen molar-refractivity contribution in [3.8, 4) is 0 Å². The van der Waals surface area contributed by atoms with Gasteiger partial charge in [-0.05, 0) is 44.0 Å². The van der Waals surface area contributed by atoms with Crippen molar-refractivity contribution in [3.05, 3.63) is 46.2 Å². The second-order valence-corrected chi connectivity index (χ2v) is 7.49. The van der Waals surface area contributed by atoms with Gasteiger partial charge in [0.25, 0.3) is 0 Å². The minimum atomic E-state index is -0.238. The standard InChI is InChI=1S/C16H19Cl2N3OS/c1-11-9-20-21(10-11)7-3-6-19-16(22)12(2)23-15-8-13(17)4-5-14(15)18/h4-5,8-10,12H,3,6-7H2,1-2H3,(H,19,22). The molecule has 124 valence electrons. The van der Waals surface area contributed by atoms with Crippen LogP contribution in [0.3, 0.4) is 0 Å². The number of hydrogen-bond donors (Lipinski definition) is 1. The summed E-state index contributed by atoms with van der Waals surface area (Å²) in [7, 11) is 0. The van der Waals surface area contributed by atoms with E-state index < -0.39 is 0 Å². The first-order valence-electron chi connectivity index (χ1n) is 7.34. The lowest BCUT2D eigenvalue weighted by Crippen LogP contribution is -2.32. The Morgan fingerprint density at radius 2 is 2.22 bits per heavy atom. The predicted molar refractivity (Wildman–Crippen MR) is 96.4 cm³/mol. The molecule has 1 unspecified atom stereocenters. The fraction of sp³-hybridized carbons (Fsp3) is 0.375. The van der Waals surface area contributed by atoms with Gasteiger partial charge in [-0.3, -0.25) is 9.48 Å². The molecule has 1 N–H and O–H groups in total. The molecule has 0 saturated carbocycles. The molecule has 0 bridgehead atoms. The van der Waals surface area contributed by atoms with Crippen LogP contribution >= 0.6 is 35.0 Å². The zero-order valence-corrected chi connectivity index (χ0v) is 15.4. The zero-order chi connectivity index (χ0) is 16.8. The fourth-order valence-corrected chi connectivity index (χ4v) is 3.43. The first-order valence-corrected chi connectivity index (χ1v) is 8.98. The van der Waals surface area contributed by atoms with Crippen LogP contribution in [0.4, 0.5) is 0 Å². The van der Waals surface area contributed by atoms with Gasteiger partial charge in [-0.15, -0.1) is 11.8 Å². The van der Waals surface area contributed by atoms with Crippen molar-refractivity contribution < 1.29 is 4.79 Å². The van der Waals surface area contributed by atoms with Gasteiger partial charge in [0.1, 0.15) is 0 Å². The SMILES string of the molecule is Cc1cnn(CCCNC(=O)C(C)Sc2cc(Cl)ccc2Cl)c1. The Kier molecular flexibility index (Phi) is 6.81. The van der Waals surface area contributed by atoms with Crippen molar-refractivity contribution in [2.24, 2.45) is 0 Å². The van der Waals surface area contributed by atoms with Crippen LogP contribution in [0.5, 0.6) is 0 Å². The van der Waals surface area contributed by atoms with Crippen molar-refractivity contribution in [1.82, 2.24) is 15.1 Å². The number of aromatic nitrogens is 2. The summed E-state index contributed by atoms with van der Waals surface area (Å²) in [5, 5.41) is 8.13. The van der Waals surface area contributed by atoms with E-state index in [2.05, 4.69) is 10.4 Å². The molecule has 1 atom stereocenters. The number of hydrogen-bond acceptors (Lipinski definition) is 3. The largest absolute Gasteiger partial charge is 0.355 e. The molecule has 2 aromatic rings. The summed E-state index contributed by atoms with van der Waals surface area (Å²) in [5.74, 6) is -0.0114. The molecule has 0 saturated heterocycles. The van der Waals surface area contributed by atoms with E-state index in [1.54, 1.807) is 18.2 Å². The number of carbonyl (C=O) groups excluding carboxylic acids is 1. The van der Waals surface area contributed by atoms with Gasteiger partial charge < -0.3 is 5.32 Å². The first kappa shape index (κ1) is 18.2. The van der Waals surface area contributed by atoms with Gasteiger partial charge in [-0.2, -0.15) is 5.10 Å². The van der Waals surface area contributed by atoms with Gasteiger partial charge in [0.2, 0.25) is 5.91 Å². The van der Waals surface area contributed by atoms with E-state index in [0.29, 0.717) is 16.6 Å². The number of nitrogens with zero attached hydrogens (tertiary/aromatic N) is 2. The van der Waals surface area contributed by atoms with Crippen LogP contribution in [-0.2, 0) is 11.3 Å². The highest BCUT2D eigenvalue weighted by atomic mass is 35.5. The van der Waals surface area contributed by atoms with Crippen molar-refractivity contribution >= 4 is 40.9 Å². The normalized spacial score (nSPS) is 12.2. The number of rotatable bonds is 7. The molecule has 0 aliphatic heterocycles. The molecule has 1 heterocycles. The fourth-order valence-electron chi connectivity index (χ4n) is 2.00. The Morgan fingerprint density at radius 3 is 2.91 bits per heavy atom. The minimum absolute atomic E-state index is 0.0114. The Labute approximate surface area is 150 Å². The molecule has 0 spiro atoms. The maximum atomic E-state index is 12.1. The Balaban J connectivity index is 1.75. The first-order chi connectivity index (χ1) is 11.0. The average Bonchev–Trinajstić information content (AvgIpc) is 2.92. The van der Waals surface area contributed by atoms with E-state index in [-0.39, 0.29) is 11.2 Å². The van der Waals surface area contributed by atoms with Crippen molar-refractivity contribution in [1.29, 1.82) is 0 Å². The van der Waals surface area contributed by atoms with Crippen LogP contribution in [0.2, 0.25) is 10.0 Å². The summed E-state index contributed by atoms with van der Waals surface area (Å²) in [6.07, 6.45) is 4.65. The molecule has 0 radical (unpaired) electrons. The molecule has 1 aromatic heterocycles. The number of amides is 1.